The molecule has 2 amide bonds. The summed E-state index contributed by atoms with van der Waals surface area (Å²) in [6.45, 7) is 2.22. The average Bonchev–Trinajstić information content (AvgIpc) is 2.43. The molecule has 0 heterocycles. The number of carbonyl (C=O) groups is 2. The summed E-state index contributed by atoms with van der Waals surface area (Å²) in [5.41, 5.74) is 0.430. The molecule has 0 spiro atoms. The first-order valence-electron chi connectivity index (χ1n) is 7.06. The van der Waals surface area contributed by atoms with Crippen LogP contribution in [-0.4, -0.2) is 23.1 Å². The molecule has 3 N–H and O–H groups in total. The van der Waals surface area contributed by atoms with Crippen LogP contribution in [-0.2, 0) is 0 Å². The Labute approximate surface area is 137 Å². The summed E-state index contributed by atoms with van der Waals surface area (Å²) in [7, 11) is 0. The molecule has 1 saturated carbocycles. The van der Waals surface area contributed by atoms with Gasteiger partial charge >= 0.3 is 12.0 Å². The second kappa shape index (κ2) is 7.11. The van der Waals surface area contributed by atoms with Gasteiger partial charge in [-0.2, -0.15) is 0 Å². The number of nitrogens with one attached hydrogen (secondary N) is 2. The van der Waals surface area contributed by atoms with Gasteiger partial charge < -0.3 is 15.7 Å². The molecule has 6 heteroatoms. The summed E-state index contributed by atoms with van der Waals surface area (Å²) in [4.78, 5) is 23.2. The van der Waals surface area contributed by atoms with Gasteiger partial charge in [-0.05, 0) is 72.4 Å². The normalized spacial score (nSPS) is 21.6. The predicted molar refractivity (Wildman–Crippen MR) is 89.7 cm³/mol. The fourth-order valence-electron chi connectivity index (χ4n) is 2.55. The van der Waals surface area contributed by atoms with Crippen molar-refractivity contribution in [3.05, 3.63) is 27.3 Å². The Morgan fingerprint density at radius 3 is 2.52 bits per heavy atom. The average molecular weight is 402 g/mol. The lowest BCUT2D eigenvalue weighted by molar-refractivity contribution is 0.0698. The molecule has 5 nitrogen and oxygen atoms in total. The fourth-order valence-corrected chi connectivity index (χ4v) is 3.04. The molecule has 1 aromatic carbocycles. The Morgan fingerprint density at radius 2 is 1.90 bits per heavy atom. The number of halogens is 1. The van der Waals surface area contributed by atoms with E-state index in [2.05, 4.69) is 17.6 Å². The molecule has 1 aromatic rings. The first kappa shape index (κ1) is 16.1. The molecule has 1 aliphatic carbocycles. The van der Waals surface area contributed by atoms with Crippen molar-refractivity contribution in [1.29, 1.82) is 0 Å². The molecule has 0 radical (unpaired) electrons. The molecule has 1 fully saturated rings. The van der Waals surface area contributed by atoms with Crippen molar-refractivity contribution in [2.45, 2.75) is 38.6 Å². The number of rotatable bonds is 3. The molecule has 0 aromatic heterocycles. The van der Waals surface area contributed by atoms with Crippen molar-refractivity contribution in [3.63, 3.8) is 0 Å². The number of anilines is 1. The number of hydrogen-bond acceptors (Lipinski definition) is 2. The molecule has 1 aliphatic rings. The number of hydrogen-bond donors (Lipinski definition) is 3. The minimum Gasteiger partial charge on any atom is -0.478 e. The van der Waals surface area contributed by atoms with Crippen LogP contribution in [0.4, 0.5) is 10.5 Å². The van der Waals surface area contributed by atoms with Gasteiger partial charge in [-0.25, -0.2) is 9.59 Å². The summed E-state index contributed by atoms with van der Waals surface area (Å²) in [6.07, 6.45) is 4.20. The molecule has 0 unspecified atom stereocenters. The van der Waals surface area contributed by atoms with Crippen LogP contribution in [0.15, 0.2) is 18.2 Å². The zero-order valence-electron chi connectivity index (χ0n) is 11.9. The standard InChI is InChI=1S/C15H19IN2O3/c1-9-2-5-11(6-3-9)17-15(21)18-13-7-4-10(16)8-12(13)14(19)20/h4,7-9,11H,2-3,5-6H2,1H3,(H,19,20)(H2,17,18,21). The van der Waals surface area contributed by atoms with Crippen LogP contribution in [0.5, 0.6) is 0 Å². The number of amides is 2. The molecule has 2 rings (SSSR count). The maximum atomic E-state index is 12.0. The number of carboxylic acid groups (broad SMARTS) is 1. The highest BCUT2D eigenvalue weighted by Gasteiger charge is 2.20. The van der Waals surface area contributed by atoms with Crippen LogP contribution in [0.3, 0.4) is 0 Å². The van der Waals surface area contributed by atoms with Crippen molar-refractivity contribution in [2.24, 2.45) is 5.92 Å². The molecular weight excluding hydrogens is 383 g/mol. The monoisotopic (exact) mass is 402 g/mol. The quantitative estimate of drug-likeness (QED) is 0.675. The highest BCUT2D eigenvalue weighted by Crippen LogP contribution is 2.24. The molecule has 21 heavy (non-hydrogen) atoms. The van der Waals surface area contributed by atoms with E-state index in [0.717, 1.165) is 35.2 Å². The summed E-state index contributed by atoms with van der Waals surface area (Å²) in [5, 5.41) is 14.7. The minimum absolute atomic E-state index is 0.106. The molecule has 0 bridgehead atoms. The zero-order chi connectivity index (χ0) is 15.4. The highest BCUT2D eigenvalue weighted by atomic mass is 127. The Hall–Kier alpha value is -1.31. The van der Waals surface area contributed by atoms with Gasteiger partial charge in [0.2, 0.25) is 0 Å². The van der Waals surface area contributed by atoms with Crippen molar-refractivity contribution < 1.29 is 14.7 Å². The molecule has 0 saturated heterocycles. The lowest BCUT2D eigenvalue weighted by atomic mass is 9.87. The van der Waals surface area contributed by atoms with E-state index in [1.165, 1.54) is 0 Å². The van der Waals surface area contributed by atoms with Crippen LogP contribution < -0.4 is 10.6 Å². The van der Waals surface area contributed by atoms with Crippen LogP contribution >= 0.6 is 22.6 Å². The SMILES string of the molecule is CC1CCC(NC(=O)Nc2ccc(I)cc2C(=O)O)CC1. The van der Waals surface area contributed by atoms with Crippen LogP contribution in [0.25, 0.3) is 0 Å². The van der Waals surface area contributed by atoms with Crippen molar-refractivity contribution in [3.8, 4) is 0 Å². The van der Waals surface area contributed by atoms with Gasteiger partial charge in [-0.1, -0.05) is 6.92 Å². The third-order valence-electron chi connectivity index (χ3n) is 3.81. The maximum absolute atomic E-state index is 12.0. The Morgan fingerprint density at radius 1 is 1.24 bits per heavy atom. The Balaban J connectivity index is 1.98. The first-order valence-corrected chi connectivity index (χ1v) is 8.14. The minimum atomic E-state index is -1.05. The molecular formula is C15H19IN2O3. The summed E-state index contributed by atoms with van der Waals surface area (Å²) >= 11 is 2.04. The van der Waals surface area contributed by atoms with Gasteiger partial charge in [0, 0.05) is 9.61 Å². The number of benzene rings is 1. The number of urea groups is 1. The Kier molecular flexibility index (Phi) is 5.44. The second-order valence-corrected chi connectivity index (χ2v) is 6.80. The smallest absolute Gasteiger partial charge is 0.337 e. The van der Waals surface area contributed by atoms with Crippen molar-refractivity contribution in [1.82, 2.24) is 5.32 Å². The topological polar surface area (TPSA) is 78.4 Å². The first-order chi connectivity index (χ1) is 9.95. The van der Waals surface area contributed by atoms with Crippen LogP contribution in [0.2, 0.25) is 0 Å². The van der Waals surface area contributed by atoms with E-state index >= 15 is 0 Å². The van der Waals surface area contributed by atoms with E-state index in [9.17, 15) is 14.7 Å². The number of aromatic carboxylic acids is 1. The number of carboxylic acids is 1. The second-order valence-electron chi connectivity index (χ2n) is 5.55. The maximum Gasteiger partial charge on any atom is 0.337 e. The Bertz CT molecular complexity index is 540. The third-order valence-corrected chi connectivity index (χ3v) is 4.48. The predicted octanol–water partition coefficient (Wildman–Crippen LogP) is 3.69. The van der Waals surface area contributed by atoms with Crippen molar-refractivity contribution >= 4 is 40.3 Å². The van der Waals surface area contributed by atoms with E-state index in [4.69, 9.17) is 0 Å². The van der Waals surface area contributed by atoms with E-state index in [-0.39, 0.29) is 17.6 Å². The summed E-state index contributed by atoms with van der Waals surface area (Å²) < 4.78 is 0.817. The lowest BCUT2D eigenvalue weighted by Gasteiger charge is -2.27. The molecule has 0 aliphatic heterocycles. The fraction of sp³-hybridized carbons (Fsp3) is 0.467. The highest BCUT2D eigenvalue weighted by molar-refractivity contribution is 14.1. The van der Waals surface area contributed by atoms with Gasteiger partial charge in [0.25, 0.3) is 0 Å². The van der Waals surface area contributed by atoms with E-state index in [1.54, 1.807) is 18.2 Å². The van der Waals surface area contributed by atoms with E-state index < -0.39 is 5.97 Å². The zero-order valence-corrected chi connectivity index (χ0v) is 14.0. The van der Waals surface area contributed by atoms with E-state index in [0.29, 0.717) is 5.69 Å². The molecule has 0 atom stereocenters. The van der Waals surface area contributed by atoms with Gasteiger partial charge in [-0.3, -0.25) is 0 Å². The summed E-state index contributed by atoms with van der Waals surface area (Å²) in [5.74, 6) is -0.323. The van der Waals surface area contributed by atoms with Crippen LogP contribution in [0.1, 0.15) is 43.0 Å². The van der Waals surface area contributed by atoms with Gasteiger partial charge in [0.05, 0.1) is 11.3 Å². The van der Waals surface area contributed by atoms with Crippen molar-refractivity contribution in [2.75, 3.05) is 5.32 Å². The van der Waals surface area contributed by atoms with Gasteiger partial charge in [-0.15, -0.1) is 0 Å². The largest absolute Gasteiger partial charge is 0.478 e. The van der Waals surface area contributed by atoms with Gasteiger partial charge in [0.15, 0.2) is 0 Å². The number of carbonyl (C=O) groups excluding carboxylic acids is 1. The molecule has 114 valence electrons. The third kappa shape index (κ3) is 4.59. The lowest BCUT2D eigenvalue weighted by Crippen LogP contribution is -2.40. The van der Waals surface area contributed by atoms with Gasteiger partial charge in [0.1, 0.15) is 0 Å². The van der Waals surface area contributed by atoms with E-state index in [1.807, 2.05) is 22.6 Å². The van der Waals surface area contributed by atoms with Crippen LogP contribution in [0, 0.1) is 9.49 Å². The summed E-state index contributed by atoms with van der Waals surface area (Å²) in [6, 6.07) is 4.77.